The maximum atomic E-state index is 12.4. The standard InChI is InChI=1S/C20H25N5OS/c1-12-4-5-13(2)17-16(12)21-19(27-17)24-10-8-14(9-11-24)18-22-23(3)20(26)25(18)15-6-7-15/h4-5,14-15H,6-11H2,1-3H3. The van der Waals surface area contributed by atoms with E-state index in [1.807, 2.05) is 4.57 Å². The lowest BCUT2D eigenvalue weighted by Gasteiger charge is -2.31. The van der Waals surface area contributed by atoms with Gasteiger partial charge in [0.1, 0.15) is 5.82 Å². The Balaban J connectivity index is 1.38. The first-order valence-electron chi connectivity index (χ1n) is 9.80. The SMILES string of the molecule is Cc1ccc(C)c2sc(N3CCC(c4nn(C)c(=O)n4C4CC4)CC3)nc12. The molecule has 142 valence electrons. The maximum Gasteiger partial charge on any atom is 0.345 e. The largest absolute Gasteiger partial charge is 0.348 e. The van der Waals surface area contributed by atoms with Gasteiger partial charge in [-0.15, -0.1) is 0 Å². The van der Waals surface area contributed by atoms with Crippen LogP contribution in [0.15, 0.2) is 16.9 Å². The lowest BCUT2D eigenvalue weighted by atomic mass is 9.96. The molecule has 0 radical (unpaired) electrons. The average Bonchev–Trinajstić information content (AvgIpc) is 3.32. The van der Waals surface area contributed by atoms with E-state index in [-0.39, 0.29) is 5.69 Å². The van der Waals surface area contributed by atoms with Gasteiger partial charge in [0, 0.05) is 32.1 Å². The molecule has 1 saturated heterocycles. The van der Waals surface area contributed by atoms with Crippen LogP contribution in [0.5, 0.6) is 0 Å². The number of aromatic nitrogens is 4. The lowest BCUT2D eigenvalue weighted by Crippen LogP contribution is -2.34. The summed E-state index contributed by atoms with van der Waals surface area (Å²) in [5.74, 6) is 1.37. The summed E-state index contributed by atoms with van der Waals surface area (Å²) in [5.41, 5.74) is 3.74. The zero-order chi connectivity index (χ0) is 18.7. The van der Waals surface area contributed by atoms with Crippen molar-refractivity contribution in [3.05, 3.63) is 39.6 Å². The lowest BCUT2D eigenvalue weighted by molar-refractivity contribution is 0.462. The number of anilines is 1. The van der Waals surface area contributed by atoms with Crippen molar-refractivity contribution in [3.63, 3.8) is 0 Å². The molecule has 27 heavy (non-hydrogen) atoms. The molecular formula is C20H25N5OS. The minimum atomic E-state index is 0.0482. The monoisotopic (exact) mass is 383 g/mol. The number of nitrogens with zero attached hydrogens (tertiary/aromatic N) is 5. The summed E-state index contributed by atoms with van der Waals surface area (Å²) in [4.78, 5) is 19.8. The Hall–Kier alpha value is -2.15. The Labute approximate surface area is 162 Å². The summed E-state index contributed by atoms with van der Waals surface area (Å²) in [5, 5.41) is 5.71. The fourth-order valence-electron chi connectivity index (χ4n) is 4.17. The molecule has 0 amide bonds. The molecule has 0 atom stereocenters. The zero-order valence-corrected chi connectivity index (χ0v) is 16.9. The molecule has 0 N–H and O–H groups in total. The first-order valence-corrected chi connectivity index (χ1v) is 10.6. The topological polar surface area (TPSA) is 56.0 Å². The van der Waals surface area contributed by atoms with Crippen LogP contribution in [0.25, 0.3) is 10.2 Å². The smallest absolute Gasteiger partial charge is 0.345 e. The second-order valence-electron chi connectivity index (χ2n) is 8.00. The summed E-state index contributed by atoms with van der Waals surface area (Å²) >= 11 is 1.81. The Morgan fingerprint density at radius 3 is 2.44 bits per heavy atom. The van der Waals surface area contributed by atoms with Crippen LogP contribution in [0.2, 0.25) is 0 Å². The van der Waals surface area contributed by atoms with Gasteiger partial charge in [0.15, 0.2) is 5.13 Å². The van der Waals surface area contributed by atoms with Gasteiger partial charge in [-0.2, -0.15) is 5.10 Å². The van der Waals surface area contributed by atoms with Crippen LogP contribution in [0.4, 0.5) is 5.13 Å². The number of thiazole rings is 1. The second kappa shape index (κ2) is 6.19. The molecule has 7 heteroatoms. The molecule has 6 nitrogen and oxygen atoms in total. The van der Waals surface area contributed by atoms with Gasteiger partial charge in [-0.3, -0.25) is 4.57 Å². The fraction of sp³-hybridized carbons (Fsp3) is 0.550. The van der Waals surface area contributed by atoms with Crippen molar-refractivity contribution < 1.29 is 0 Å². The highest BCUT2D eigenvalue weighted by Gasteiger charge is 2.34. The van der Waals surface area contributed by atoms with Crippen LogP contribution in [0, 0.1) is 13.8 Å². The van der Waals surface area contributed by atoms with Crippen LogP contribution in [0.1, 0.15) is 54.6 Å². The Kier molecular flexibility index (Phi) is 3.89. The van der Waals surface area contributed by atoms with Crippen molar-refractivity contribution in [1.82, 2.24) is 19.3 Å². The van der Waals surface area contributed by atoms with E-state index in [1.165, 1.54) is 20.5 Å². The molecule has 1 aromatic carbocycles. The van der Waals surface area contributed by atoms with Gasteiger partial charge in [-0.25, -0.2) is 14.5 Å². The summed E-state index contributed by atoms with van der Waals surface area (Å²) in [6, 6.07) is 4.73. The number of piperidine rings is 1. The first kappa shape index (κ1) is 17.0. The van der Waals surface area contributed by atoms with Gasteiger partial charge in [0.2, 0.25) is 0 Å². The number of hydrogen-bond donors (Lipinski definition) is 0. The molecule has 2 aliphatic rings. The van der Waals surface area contributed by atoms with E-state index in [2.05, 4.69) is 36.0 Å². The van der Waals surface area contributed by atoms with Crippen molar-refractivity contribution in [2.45, 2.75) is 51.5 Å². The Morgan fingerprint density at radius 2 is 1.78 bits per heavy atom. The molecule has 1 aliphatic carbocycles. The van der Waals surface area contributed by atoms with Gasteiger partial charge in [0.05, 0.1) is 10.2 Å². The third-order valence-electron chi connectivity index (χ3n) is 5.96. The van der Waals surface area contributed by atoms with Crippen LogP contribution in [-0.4, -0.2) is 32.4 Å². The van der Waals surface area contributed by atoms with E-state index in [4.69, 9.17) is 4.98 Å². The number of fused-ring (bicyclic) bond motifs is 1. The maximum absolute atomic E-state index is 12.4. The second-order valence-corrected chi connectivity index (χ2v) is 8.98. The van der Waals surface area contributed by atoms with E-state index in [0.717, 1.165) is 55.2 Å². The number of benzene rings is 1. The average molecular weight is 384 g/mol. The third kappa shape index (κ3) is 2.79. The van der Waals surface area contributed by atoms with E-state index < -0.39 is 0 Å². The first-order chi connectivity index (χ1) is 13.0. The number of rotatable bonds is 3. The van der Waals surface area contributed by atoms with E-state index in [1.54, 1.807) is 18.4 Å². The Bertz CT molecular complexity index is 1030. The molecular weight excluding hydrogens is 358 g/mol. The highest BCUT2D eigenvalue weighted by molar-refractivity contribution is 7.22. The summed E-state index contributed by atoms with van der Waals surface area (Å²) in [6.07, 6.45) is 4.28. The van der Waals surface area contributed by atoms with Crippen molar-refractivity contribution in [3.8, 4) is 0 Å². The highest BCUT2D eigenvalue weighted by atomic mass is 32.1. The molecule has 1 aliphatic heterocycles. The molecule has 5 rings (SSSR count). The Morgan fingerprint density at radius 1 is 1.07 bits per heavy atom. The molecule has 2 fully saturated rings. The van der Waals surface area contributed by atoms with Crippen LogP contribution >= 0.6 is 11.3 Å². The van der Waals surface area contributed by atoms with Gasteiger partial charge in [0.25, 0.3) is 0 Å². The quantitative estimate of drug-likeness (QED) is 0.694. The van der Waals surface area contributed by atoms with E-state index in [9.17, 15) is 4.79 Å². The molecule has 0 spiro atoms. The predicted octanol–water partition coefficient (Wildman–Crippen LogP) is 3.53. The predicted molar refractivity (Wildman–Crippen MR) is 109 cm³/mol. The molecule has 1 saturated carbocycles. The molecule has 0 bridgehead atoms. The molecule has 0 unspecified atom stereocenters. The minimum Gasteiger partial charge on any atom is -0.348 e. The van der Waals surface area contributed by atoms with Crippen molar-refractivity contribution in [1.29, 1.82) is 0 Å². The van der Waals surface area contributed by atoms with E-state index >= 15 is 0 Å². The normalized spacial score (nSPS) is 18.6. The van der Waals surface area contributed by atoms with Gasteiger partial charge in [-0.1, -0.05) is 23.5 Å². The fourth-order valence-corrected chi connectivity index (χ4v) is 5.33. The highest BCUT2D eigenvalue weighted by Crippen LogP contribution is 2.39. The zero-order valence-electron chi connectivity index (χ0n) is 16.1. The number of hydrogen-bond acceptors (Lipinski definition) is 5. The van der Waals surface area contributed by atoms with Crippen LogP contribution in [-0.2, 0) is 7.05 Å². The van der Waals surface area contributed by atoms with Crippen molar-refractivity contribution >= 4 is 26.7 Å². The van der Waals surface area contributed by atoms with Gasteiger partial charge >= 0.3 is 5.69 Å². The van der Waals surface area contributed by atoms with Gasteiger partial charge < -0.3 is 4.90 Å². The van der Waals surface area contributed by atoms with E-state index in [0.29, 0.717) is 12.0 Å². The molecule has 3 aromatic rings. The van der Waals surface area contributed by atoms with Gasteiger partial charge in [-0.05, 0) is 50.7 Å². The van der Waals surface area contributed by atoms with Crippen LogP contribution in [0.3, 0.4) is 0 Å². The van der Waals surface area contributed by atoms with Crippen molar-refractivity contribution in [2.24, 2.45) is 7.05 Å². The number of aryl methyl sites for hydroxylation is 3. The summed E-state index contributed by atoms with van der Waals surface area (Å²) in [6.45, 7) is 6.24. The van der Waals surface area contributed by atoms with Crippen molar-refractivity contribution in [2.75, 3.05) is 18.0 Å². The minimum absolute atomic E-state index is 0.0482. The molecule has 2 aromatic heterocycles. The molecule has 3 heterocycles. The third-order valence-corrected chi connectivity index (χ3v) is 7.21. The summed E-state index contributed by atoms with van der Waals surface area (Å²) in [7, 11) is 1.77. The summed E-state index contributed by atoms with van der Waals surface area (Å²) < 4.78 is 4.78. The van der Waals surface area contributed by atoms with Crippen LogP contribution < -0.4 is 10.6 Å².